The molecule has 0 radical (unpaired) electrons. The first-order chi connectivity index (χ1) is 14.5. The Morgan fingerprint density at radius 1 is 1.10 bits per heavy atom. The van der Waals surface area contributed by atoms with Gasteiger partial charge in [-0.25, -0.2) is 0 Å². The molecule has 4 nitrogen and oxygen atoms in total. The number of amides is 2. The lowest BCUT2D eigenvalue weighted by Crippen LogP contribution is -2.52. The van der Waals surface area contributed by atoms with E-state index >= 15 is 0 Å². The second-order valence-electron chi connectivity index (χ2n) is 8.59. The lowest BCUT2D eigenvalue weighted by molar-refractivity contribution is -0.139. The summed E-state index contributed by atoms with van der Waals surface area (Å²) in [7, 11) is 0. The maximum absolute atomic E-state index is 13.2. The minimum absolute atomic E-state index is 0.110. The van der Waals surface area contributed by atoms with Gasteiger partial charge in [0.2, 0.25) is 11.8 Å². The number of carbonyl (C=O) groups excluding carboxylic acids is 2. The van der Waals surface area contributed by atoms with E-state index < -0.39 is 11.6 Å². The summed E-state index contributed by atoms with van der Waals surface area (Å²) in [4.78, 5) is 27.6. The first kappa shape index (κ1) is 25.6. The number of halogens is 2. The van der Waals surface area contributed by atoms with Gasteiger partial charge in [0.25, 0.3) is 0 Å². The molecule has 0 aliphatic carbocycles. The van der Waals surface area contributed by atoms with Gasteiger partial charge in [0.15, 0.2) is 0 Å². The molecular weight excluding hydrogens is 451 g/mol. The zero-order chi connectivity index (χ0) is 23.2. The van der Waals surface area contributed by atoms with Crippen LogP contribution < -0.4 is 5.32 Å². The summed E-state index contributed by atoms with van der Waals surface area (Å²) in [5.41, 5.74) is 2.76. The van der Waals surface area contributed by atoms with Gasteiger partial charge in [-0.1, -0.05) is 53.5 Å². The molecule has 0 unspecified atom stereocenters. The van der Waals surface area contributed by atoms with Gasteiger partial charge in [-0.2, -0.15) is 0 Å². The zero-order valence-electron chi connectivity index (χ0n) is 18.7. The van der Waals surface area contributed by atoms with E-state index in [-0.39, 0.29) is 24.1 Å². The smallest absolute Gasteiger partial charge is 0.242 e. The van der Waals surface area contributed by atoms with Gasteiger partial charge in [-0.3, -0.25) is 9.59 Å². The van der Waals surface area contributed by atoms with Crippen LogP contribution in [0.3, 0.4) is 0 Å². The predicted molar refractivity (Wildman–Crippen MR) is 132 cm³/mol. The third kappa shape index (κ3) is 8.06. The molecule has 0 aliphatic rings. The molecule has 2 aromatic rings. The molecule has 2 amide bonds. The molecule has 0 saturated carbocycles. The van der Waals surface area contributed by atoms with Crippen molar-refractivity contribution in [2.24, 2.45) is 0 Å². The molecule has 2 aromatic carbocycles. The summed E-state index contributed by atoms with van der Waals surface area (Å²) in [5, 5.41) is 3.96. The average Bonchev–Trinajstić information content (AvgIpc) is 2.67. The van der Waals surface area contributed by atoms with Gasteiger partial charge in [0, 0.05) is 27.9 Å². The van der Waals surface area contributed by atoms with Crippen LogP contribution in [0.2, 0.25) is 10.0 Å². The van der Waals surface area contributed by atoms with Gasteiger partial charge in [0.05, 0.1) is 5.75 Å². The number of hydrogen-bond donors (Lipinski definition) is 1. The Morgan fingerprint density at radius 2 is 1.77 bits per heavy atom. The maximum Gasteiger partial charge on any atom is 0.242 e. The number of nitrogens with zero attached hydrogens (tertiary/aromatic N) is 1. The van der Waals surface area contributed by atoms with Crippen molar-refractivity contribution in [3.8, 4) is 0 Å². The Kier molecular flexibility index (Phi) is 9.28. The zero-order valence-corrected chi connectivity index (χ0v) is 21.0. The second kappa shape index (κ2) is 11.3. The Morgan fingerprint density at radius 3 is 2.39 bits per heavy atom. The van der Waals surface area contributed by atoms with Crippen LogP contribution in [-0.2, 0) is 21.9 Å². The minimum Gasteiger partial charge on any atom is -0.350 e. The summed E-state index contributed by atoms with van der Waals surface area (Å²) >= 11 is 13.9. The number of thioether (sulfide) groups is 1. The van der Waals surface area contributed by atoms with E-state index in [0.717, 1.165) is 11.3 Å². The standard InChI is InChI=1S/C24H30Cl2N2O2S/c1-16-8-6-7-9-19(16)14-31-15-22(29)28(17(2)23(30)27-24(3,4)5)13-18-10-11-20(25)12-21(18)26/h6-12,17H,13-15H2,1-5H3,(H,27,30)/t17-/m0/s1. The summed E-state index contributed by atoms with van der Waals surface area (Å²) in [6.07, 6.45) is 0. The highest BCUT2D eigenvalue weighted by molar-refractivity contribution is 7.99. The Balaban J connectivity index is 2.16. The first-order valence-corrected chi connectivity index (χ1v) is 12.1. The van der Waals surface area contributed by atoms with Gasteiger partial charge < -0.3 is 10.2 Å². The molecule has 1 N–H and O–H groups in total. The topological polar surface area (TPSA) is 49.4 Å². The predicted octanol–water partition coefficient (Wildman–Crippen LogP) is 5.87. The highest BCUT2D eigenvalue weighted by atomic mass is 35.5. The molecule has 0 saturated heterocycles. The first-order valence-electron chi connectivity index (χ1n) is 10.2. The van der Waals surface area contributed by atoms with Crippen LogP contribution in [0.15, 0.2) is 42.5 Å². The van der Waals surface area contributed by atoms with Crippen LogP contribution in [-0.4, -0.2) is 34.0 Å². The van der Waals surface area contributed by atoms with E-state index in [1.807, 2.05) is 32.9 Å². The van der Waals surface area contributed by atoms with Gasteiger partial charge >= 0.3 is 0 Å². The van der Waals surface area contributed by atoms with E-state index in [4.69, 9.17) is 23.2 Å². The number of hydrogen-bond acceptors (Lipinski definition) is 3. The molecule has 0 aliphatic heterocycles. The van der Waals surface area contributed by atoms with Crippen molar-refractivity contribution in [3.05, 3.63) is 69.2 Å². The fourth-order valence-electron chi connectivity index (χ4n) is 2.99. The summed E-state index contributed by atoms with van der Waals surface area (Å²) in [5.74, 6) is 0.694. The Hall–Kier alpha value is -1.69. The molecule has 168 valence electrons. The maximum atomic E-state index is 13.2. The summed E-state index contributed by atoms with van der Waals surface area (Å²) in [6.45, 7) is 9.78. The van der Waals surface area contributed by atoms with Crippen molar-refractivity contribution >= 4 is 46.8 Å². The molecule has 31 heavy (non-hydrogen) atoms. The van der Waals surface area contributed by atoms with Crippen LogP contribution in [0.25, 0.3) is 0 Å². The van der Waals surface area contributed by atoms with Crippen molar-refractivity contribution in [1.29, 1.82) is 0 Å². The second-order valence-corrected chi connectivity index (χ2v) is 10.4. The minimum atomic E-state index is -0.641. The van der Waals surface area contributed by atoms with Gasteiger partial charge in [0.1, 0.15) is 6.04 Å². The van der Waals surface area contributed by atoms with Crippen molar-refractivity contribution in [1.82, 2.24) is 10.2 Å². The van der Waals surface area contributed by atoms with Crippen molar-refractivity contribution in [2.45, 2.75) is 58.5 Å². The normalized spacial score (nSPS) is 12.4. The molecule has 0 bridgehead atoms. The van der Waals surface area contributed by atoms with Crippen LogP contribution >= 0.6 is 35.0 Å². The van der Waals surface area contributed by atoms with Crippen LogP contribution in [0.1, 0.15) is 44.4 Å². The molecule has 0 spiro atoms. The lowest BCUT2D eigenvalue weighted by atomic mass is 10.1. The largest absolute Gasteiger partial charge is 0.350 e. The van der Waals surface area contributed by atoms with E-state index in [2.05, 4.69) is 24.4 Å². The molecule has 0 heterocycles. The fourth-order valence-corrected chi connectivity index (χ4v) is 4.45. The van der Waals surface area contributed by atoms with Crippen LogP contribution in [0.5, 0.6) is 0 Å². The molecule has 0 fully saturated rings. The molecule has 1 atom stereocenters. The van der Waals surface area contributed by atoms with Crippen molar-refractivity contribution in [2.75, 3.05) is 5.75 Å². The van der Waals surface area contributed by atoms with Gasteiger partial charge in [-0.15, -0.1) is 11.8 Å². The molecule has 0 aromatic heterocycles. The highest BCUT2D eigenvalue weighted by Gasteiger charge is 2.28. The number of aryl methyl sites for hydroxylation is 1. The summed E-state index contributed by atoms with van der Waals surface area (Å²) in [6, 6.07) is 12.7. The lowest BCUT2D eigenvalue weighted by Gasteiger charge is -2.31. The number of nitrogens with one attached hydrogen (secondary N) is 1. The van der Waals surface area contributed by atoms with E-state index in [9.17, 15) is 9.59 Å². The number of rotatable bonds is 8. The quantitative estimate of drug-likeness (QED) is 0.513. The highest BCUT2D eigenvalue weighted by Crippen LogP contribution is 2.24. The van der Waals surface area contributed by atoms with E-state index in [1.54, 1.807) is 30.0 Å². The van der Waals surface area contributed by atoms with E-state index in [0.29, 0.717) is 10.0 Å². The van der Waals surface area contributed by atoms with Crippen LogP contribution in [0.4, 0.5) is 0 Å². The van der Waals surface area contributed by atoms with Crippen molar-refractivity contribution in [3.63, 3.8) is 0 Å². The average molecular weight is 481 g/mol. The molecule has 2 rings (SSSR count). The number of carbonyl (C=O) groups is 2. The molecular formula is C24H30Cl2N2O2S. The van der Waals surface area contributed by atoms with Crippen molar-refractivity contribution < 1.29 is 9.59 Å². The van der Waals surface area contributed by atoms with E-state index in [1.165, 1.54) is 22.9 Å². The molecule has 7 heteroatoms. The van der Waals surface area contributed by atoms with Gasteiger partial charge in [-0.05, 0) is 63.4 Å². The third-order valence-electron chi connectivity index (χ3n) is 4.77. The Bertz CT molecular complexity index is 928. The third-order valence-corrected chi connectivity index (χ3v) is 6.32. The van der Waals surface area contributed by atoms with Crippen LogP contribution in [0, 0.1) is 6.92 Å². The SMILES string of the molecule is Cc1ccccc1CSCC(=O)N(Cc1ccc(Cl)cc1Cl)[C@@H](C)C(=O)NC(C)(C)C. The summed E-state index contributed by atoms with van der Waals surface area (Å²) < 4.78 is 0. The Labute approximate surface area is 199 Å². The fraction of sp³-hybridized carbons (Fsp3) is 0.417. The number of benzene rings is 2. The monoisotopic (exact) mass is 480 g/mol.